The number of aryl methyl sites for hydroxylation is 1. The molecule has 0 aromatic heterocycles. The van der Waals surface area contributed by atoms with Crippen LogP contribution in [0.5, 0.6) is 17.2 Å². The highest BCUT2D eigenvalue weighted by atomic mass is 16.6. The quantitative estimate of drug-likeness (QED) is 0.440. The Balaban J connectivity index is 2.00. The summed E-state index contributed by atoms with van der Waals surface area (Å²) >= 11 is 0. The summed E-state index contributed by atoms with van der Waals surface area (Å²) in [4.78, 5) is 38.7. The topological polar surface area (TPSA) is 119 Å². The maximum Gasteiger partial charge on any atom is 0.343 e. The number of carbonyl (C=O) groups excluding carboxylic acids is 3. The lowest BCUT2D eigenvalue weighted by Gasteiger charge is -2.31. The van der Waals surface area contributed by atoms with E-state index in [1.165, 1.54) is 39.4 Å². The van der Waals surface area contributed by atoms with Gasteiger partial charge in [0.25, 0.3) is 0 Å². The SMILES string of the molecule is CC=CC1=CC2=CC(=O)[C@](C)(OC(=O)c3c(C)cc(O)c(O)c3OC)C(=O)C2=CO1. The van der Waals surface area contributed by atoms with Crippen molar-refractivity contribution in [2.45, 2.75) is 26.4 Å². The fraction of sp³-hybridized carbons (Fsp3) is 0.227. The number of rotatable bonds is 4. The van der Waals surface area contributed by atoms with Gasteiger partial charge in [0, 0.05) is 0 Å². The second-order valence-electron chi connectivity index (χ2n) is 6.88. The fourth-order valence-corrected chi connectivity index (χ4v) is 3.21. The zero-order valence-corrected chi connectivity index (χ0v) is 16.8. The number of allylic oxidation sites excluding steroid dienone is 4. The lowest BCUT2D eigenvalue weighted by Crippen LogP contribution is -2.50. The third-order valence-electron chi connectivity index (χ3n) is 4.82. The lowest BCUT2D eigenvalue weighted by molar-refractivity contribution is -0.145. The first-order valence-electron chi connectivity index (χ1n) is 8.99. The summed E-state index contributed by atoms with van der Waals surface area (Å²) in [7, 11) is 1.19. The van der Waals surface area contributed by atoms with Gasteiger partial charge in [0.1, 0.15) is 17.6 Å². The van der Waals surface area contributed by atoms with E-state index in [1.807, 2.05) is 0 Å². The molecule has 2 aliphatic rings. The van der Waals surface area contributed by atoms with Crippen LogP contribution in [0.3, 0.4) is 0 Å². The summed E-state index contributed by atoms with van der Waals surface area (Å²) in [6.45, 7) is 4.47. The number of esters is 1. The van der Waals surface area contributed by atoms with Crippen LogP contribution in [0.1, 0.15) is 29.8 Å². The van der Waals surface area contributed by atoms with Gasteiger partial charge in [-0.15, -0.1) is 0 Å². The number of ketones is 2. The van der Waals surface area contributed by atoms with Crippen molar-refractivity contribution in [3.05, 3.63) is 64.7 Å². The Kier molecular flexibility index (Phi) is 5.26. The molecular formula is C22H20O8. The molecular weight excluding hydrogens is 392 g/mol. The normalized spacial score (nSPS) is 20.7. The molecule has 30 heavy (non-hydrogen) atoms. The number of hydrogen-bond donors (Lipinski definition) is 2. The number of Topliss-reactive ketones (excluding diaryl/α,β-unsaturated/α-hetero) is 1. The summed E-state index contributed by atoms with van der Waals surface area (Å²) in [5.74, 6) is -3.55. The van der Waals surface area contributed by atoms with Crippen molar-refractivity contribution in [1.82, 2.24) is 0 Å². The number of fused-ring (bicyclic) bond motifs is 1. The Morgan fingerprint density at radius 3 is 2.57 bits per heavy atom. The van der Waals surface area contributed by atoms with E-state index in [2.05, 4.69) is 0 Å². The summed E-state index contributed by atoms with van der Waals surface area (Å²) in [6.07, 6.45) is 7.37. The maximum absolute atomic E-state index is 13.0. The molecule has 0 saturated carbocycles. The zero-order valence-electron chi connectivity index (χ0n) is 16.8. The van der Waals surface area contributed by atoms with E-state index in [-0.39, 0.29) is 22.4 Å². The van der Waals surface area contributed by atoms with E-state index in [0.717, 1.165) is 6.07 Å². The Morgan fingerprint density at radius 1 is 1.23 bits per heavy atom. The van der Waals surface area contributed by atoms with Gasteiger partial charge < -0.3 is 24.4 Å². The van der Waals surface area contributed by atoms with Gasteiger partial charge in [-0.1, -0.05) is 6.08 Å². The van der Waals surface area contributed by atoms with E-state index in [9.17, 15) is 24.6 Å². The predicted molar refractivity (Wildman–Crippen MR) is 105 cm³/mol. The summed E-state index contributed by atoms with van der Waals surface area (Å²) in [6, 6.07) is 1.14. The number of methoxy groups -OCH3 is 1. The number of carbonyl (C=O) groups is 3. The Labute approximate surface area is 172 Å². The van der Waals surface area contributed by atoms with Crippen LogP contribution in [-0.2, 0) is 19.1 Å². The molecule has 1 atom stereocenters. The van der Waals surface area contributed by atoms with Crippen LogP contribution in [0, 0.1) is 6.92 Å². The largest absolute Gasteiger partial charge is 0.504 e. The van der Waals surface area contributed by atoms with E-state index in [4.69, 9.17) is 14.2 Å². The van der Waals surface area contributed by atoms with Gasteiger partial charge in [-0.25, -0.2) is 4.79 Å². The van der Waals surface area contributed by atoms with Gasteiger partial charge in [-0.3, -0.25) is 9.59 Å². The van der Waals surface area contributed by atoms with E-state index in [0.29, 0.717) is 11.3 Å². The molecule has 0 unspecified atom stereocenters. The minimum Gasteiger partial charge on any atom is -0.504 e. The molecule has 0 fully saturated rings. The van der Waals surface area contributed by atoms with Crippen LogP contribution in [-0.4, -0.2) is 40.5 Å². The van der Waals surface area contributed by atoms with Gasteiger partial charge in [0.05, 0.1) is 12.7 Å². The fourth-order valence-electron chi connectivity index (χ4n) is 3.21. The van der Waals surface area contributed by atoms with Crippen molar-refractivity contribution >= 4 is 17.5 Å². The van der Waals surface area contributed by atoms with Crippen LogP contribution in [0.25, 0.3) is 0 Å². The zero-order chi connectivity index (χ0) is 22.2. The average molecular weight is 412 g/mol. The standard InChI is InChI=1S/C22H20O8/c1-5-6-13-8-12-9-16(24)22(3,20(26)14(12)10-29-13)30-21(27)17-11(2)7-15(23)18(25)19(17)28-4/h5-10,23,25H,1-4H3/t22-/m0/s1. The van der Waals surface area contributed by atoms with Crippen molar-refractivity contribution in [3.63, 3.8) is 0 Å². The van der Waals surface area contributed by atoms with E-state index >= 15 is 0 Å². The van der Waals surface area contributed by atoms with Crippen molar-refractivity contribution in [1.29, 1.82) is 0 Å². The average Bonchev–Trinajstić information content (AvgIpc) is 2.69. The minimum atomic E-state index is -2.13. The van der Waals surface area contributed by atoms with Gasteiger partial charge in [-0.2, -0.15) is 0 Å². The van der Waals surface area contributed by atoms with Crippen LogP contribution in [0.15, 0.2) is 53.5 Å². The molecule has 2 N–H and O–H groups in total. The first-order chi connectivity index (χ1) is 14.1. The third-order valence-corrected chi connectivity index (χ3v) is 4.82. The molecule has 8 nitrogen and oxygen atoms in total. The molecule has 1 aromatic rings. The number of phenolic OH excluding ortho intramolecular Hbond substituents is 2. The molecule has 8 heteroatoms. The van der Waals surface area contributed by atoms with E-state index in [1.54, 1.807) is 19.1 Å². The van der Waals surface area contributed by atoms with Crippen molar-refractivity contribution in [3.8, 4) is 17.2 Å². The van der Waals surface area contributed by atoms with Gasteiger partial charge in [0.2, 0.25) is 22.9 Å². The van der Waals surface area contributed by atoms with Crippen LogP contribution < -0.4 is 4.74 Å². The Morgan fingerprint density at radius 2 is 1.93 bits per heavy atom. The smallest absolute Gasteiger partial charge is 0.343 e. The van der Waals surface area contributed by atoms with Crippen molar-refractivity contribution in [2.24, 2.45) is 0 Å². The molecule has 0 bridgehead atoms. The van der Waals surface area contributed by atoms with Crippen LogP contribution in [0.4, 0.5) is 0 Å². The predicted octanol–water partition coefficient (Wildman–Crippen LogP) is 2.78. The number of hydrogen-bond acceptors (Lipinski definition) is 8. The molecule has 0 radical (unpaired) electrons. The van der Waals surface area contributed by atoms with Gasteiger partial charge in [0.15, 0.2) is 11.5 Å². The number of benzene rings is 1. The molecule has 0 saturated heterocycles. The Hall–Kier alpha value is -3.81. The van der Waals surface area contributed by atoms with Crippen LogP contribution in [0.2, 0.25) is 0 Å². The molecule has 1 heterocycles. The summed E-state index contributed by atoms with van der Waals surface area (Å²) in [5.41, 5.74) is -1.67. The van der Waals surface area contributed by atoms with Crippen molar-refractivity contribution < 1.29 is 38.8 Å². The van der Waals surface area contributed by atoms with Crippen LogP contribution >= 0.6 is 0 Å². The highest BCUT2D eigenvalue weighted by Gasteiger charge is 2.50. The van der Waals surface area contributed by atoms with Gasteiger partial charge >= 0.3 is 5.97 Å². The highest BCUT2D eigenvalue weighted by Crippen LogP contribution is 2.41. The monoisotopic (exact) mass is 412 g/mol. The first kappa shape index (κ1) is 20.9. The molecule has 3 rings (SSSR count). The summed E-state index contributed by atoms with van der Waals surface area (Å²) < 4.78 is 15.7. The second-order valence-corrected chi connectivity index (χ2v) is 6.88. The van der Waals surface area contributed by atoms with E-state index < -0.39 is 34.6 Å². The lowest BCUT2D eigenvalue weighted by atomic mass is 9.80. The molecule has 0 amide bonds. The number of ether oxygens (including phenoxy) is 3. The third kappa shape index (κ3) is 3.26. The van der Waals surface area contributed by atoms with Crippen molar-refractivity contribution in [2.75, 3.05) is 7.11 Å². The highest BCUT2D eigenvalue weighted by molar-refractivity contribution is 6.26. The number of phenols is 2. The van der Waals surface area contributed by atoms with Gasteiger partial charge in [-0.05, 0) is 56.2 Å². The summed E-state index contributed by atoms with van der Waals surface area (Å²) in [5, 5.41) is 19.7. The molecule has 1 aliphatic heterocycles. The molecule has 1 aromatic carbocycles. The molecule has 156 valence electrons. The Bertz CT molecular complexity index is 1090. The first-order valence-corrected chi connectivity index (χ1v) is 8.99. The number of aromatic hydroxyl groups is 2. The molecule has 1 aliphatic carbocycles. The molecule has 0 spiro atoms. The maximum atomic E-state index is 13.0. The second kappa shape index (κ2) is 7.55. The minimum absolute atomic E-state index is 0.0930.